The van der Waals surface area contributed by atoms with Gasteiger partial charge in [-0.1, -0.05) is 0 Å². The van der Waals surface area contributed by atoms with Gasteiger partial charge in [0.2, 0.25) is 0 Å². The number of nitrogens with one attached hydrogen (secondary N) is 2. The number of aromatic amines is 1. The van der Waals surface area contributed by atoms with Crippen molar-refractivity contribution in [3.05, 3.63) is 64.1 Å². The Balaban J connectivity index is 1.43. The molecule has 0 aliphatic carbocycles. The van der Waals surface area contributed by atoms with E-state index in [0.717, 1.165) is 37.2 Å². The number of Topliss-reactive ketones (excluding diaryl/α,β-unsaturated/α-hetero) is 1. The summed E-state index contributed by atoms with van der Waals surface area (Å²) in [6.45, 7) is 1.83. The van der Waals surface area contributed by atoms with E-state index in [2.05, 4.69) is 15.2 Å². The van der Waals surface area contributed by atoms with Crippen molar-refractivity contribution in [2.45, 2.75) is 18.9 Å². The van der Waals surface area contributed by atoms with E-state index in [1.807, 2.05) is 6.07 Å². The fourth-order valence-electron chi connectivity index (χ4n) is 4.19. The van der Waals surface area contributed by atoms with Gasteiger partial charge in [-0.2, -0.15) is 0 Å². The number of amides is 1. The van der Waals surface area contributed by atoms with E-state index >= 15 is 0 Å². The zero-order valence-electron chi connectivity index (χ0n) is 17.7. The van der Waals surface area contributed by atoms with Gasteiger partial charge in [0.05, 0.1) is 24.7 Å². The van der Waals surface area contributed by atoms with Crippen LogP contribution in [0.4, 0.5) is 0 Å². The Morgan fingerprint density at radius 3 is 2.42 bits per heavy atom. The van der Waals surface area contributed by atoms with Crippen LogP contribution in [0.25, 0.3) is 11.0 Å². The maximum atomic E-state index is 12.6. The Bertz CT molecular complexity index is 1150. The molecule has 0 unspecified atom stereocenters. The van der Waals surface area contributed by atoms with Gasteiger partial charge in [0.1, 0.15) is 5.75 Å². The summed E-state index contributed by atoms with van der Waals surface area (Å²) in [5.41, 5.74) is 2.46. The maximum Gasteiger partial charge on any atom is 0.326 e. The van der Waals surface area contributed by atoms with Crippen molar-refractivity contribution in [2.24, 2.45) is 0 Å². The number of nitrogens with zero attached hydrogens (tertiary/aromatic N) is 2. The Morgan fingerprint density at radius 2 is 1.77 bits per heavy atom. The van der Waals surface area contributed by atoms with Crippen molar-refractivity contribution >= 4 is 22.7 Å². The van der Waals surface area contributed by atoms with Crippen LogP contribution in [0.15, 0.2) is 47.3 Å². The van der Waals surface area contributed by atoms with E-state index in [1.54, 1.807) is 55.1 Å². The summed E-state index contributed by atoms with van der Waals surface area (Å²) in [4.78, 5) is 42.1. The molecule has 0 bridgehead atoms. The Kier molecular flexibility index (Phi) is 5.90. The first-order valence-corrected chi connectivity index (χ1v) is 10.4. The van der Waals surface area contributed by atoms with E-state index in [-0.39, 0.29) is 23.4 Å². The number of piperidine rings is 1. The Hall–Kier alpha value is -3.39. The summed E-state index contributed by atoms with van der Waals surface area (Å²) < 4.78 is 6.92. The summed E-state index contributed by atoms with van der Waals surface area (Å²) in [6.07, 6.45) is 1.56. The lowest BCUT2D eigenvalue weighted by atomic mass is 10.0. The second kappa shape index (κ2) is 8.77. The smallest absolute Gasteiger partial charge is 0.326 e. The number of imidazole rings is 1. The number of carbonyl (C=O) groups excluding carboxylic acids is 2. The minimum atomic E-state index is -0.190. The molecule has 8 nitrogen and oxygen atoms in total. The molecule has 1 amide bonds. The van der Waals surface area contributed by atoms with Crippen LogP contribution in [0.2, 0.25) is 0 Å². The molecule has 8 heteroatoms. The summed E-state index contributed by atoms with van der Waals surface area (Å²) in [7, 11) is 3.18. The highest BCUT2D eigenvalue weighted by molar-refractivity contribution is 5.98. The predicted molar refractivity (Wildman–Crippen MR) is 118 cm³/mol. The third-order valence-electron chi connectivity index (χ3n) is 5.91. The number of rotatable bonds is 6. The largest absolute Gasteiger partial charge is 0.497 e. The van der Waals surface area contributed by atoms with E-state index in [0.29, 0.717) is 23.2 Å². The number of ether oxygens (including phenoxy) is 1. The number of hydrogen-bond acceptors (Lipinski definition) is 5. The van der Waals surface area contributed by atoms with Crippen LogP contribution in [0.5, 0.6) is 5.75 Å². The minimum absolute atomic E-state index is 0.0550. The molecule has 2 heterocycles. The van der Waals surface area contributed by atoms with Crippen LogP contribution >= 0.6 is 0 Å². The summed E-state index contributed by atoms with van der Waals surface area (Å²) >= 11 is 0. The number of likely N-dealkylation sites (tertiary alicyclic amines) is 1. The lowest BCUT2D eigenvalue weighted by molar-refractivity contribution is 0.0897. The Labute approximate surface area is 179 Å². The lowest BCUT2D eigenvalue weighted by Crippen LogP contribution is -2.39. The number of carbonyl (C=O) groups is 2. The first-order valence-electron chi connectivity index (χ1n) is 10.4. The minimum Gasteiger partial charge on any atom is -0.497 e. The molecular weight excluding hydrogens is 396 g/mol. The zero-order valence-corrected chi connectivity index (χ0v) is 17.7. The molecule has 162 valence electrons. The normalized spacial score (nSPS) is 15.2. The van der Waals surface area contributed by atoms with Crippen molar-refractivity contribution in [3.63, 3.8) is 0 Å². The highest BCUT2D eigenvalue weighted by atomic mass is 16.5. The second-order valence-corrected chi connectivity index (χ2v) is 7.77. The molecule has 1 fully saturated rings. The predicted octanol–water partition coefficient (Wildman–Crippen LogP) is 2.22. The number of fused-ring (bicyclic) bond motifs is 1. The van der Waals surface area contributed by atoms with E-state index in [1.165, 1.54) is 0 Å². The number of aromatic nitrogens is 2. The fraction of sp³-hybridized carbons (Fsp3) is 0.348. The molecular formula is C23H26N4O4. The molecule has 2 N–H and O–H groups in total. The number of ketones is 1. The molecule has 1 saturated heterocycles. The molecule has 1 aliphatic rings. The lowest BCUT2D eigenvalue weighted by Gasteiger charge is -2.32. The van der Waals surface area contributed by atoms with Gasteiger partial charge in [0.15, 0.2) is 5.78 Å². The number of benzene rings is 2. The van der Waals surface area contributed by atoms with Crippen molar-refractivity contribution in [1.29, 1.82) is 0 Å². The number of methoxy groups -OCH3 is 1. The molecule has 0 spiro atoms. The third kappa shape index (κ3) is 4.25. The van der Waals surface area contributed by atoms with Crippen molar-refractivity contribution in [2.75, 3.05) is 33.8 Å². The van der Waals surface area contributed by atoms with E-state index in [4.69, 9.17) is 4.74 Å². The van der Waals surface area contributed by atoms with Gasteiger partial charge in [0, 0.05) is 37.3 Å². The molecule has 2 aromatic carbocycles. The van der Waals surface area contributed by atoms with Gasteiger partial charge < -0.3 is 15.0 Å². The van der Waals surface area contributed by atoms with Crippen LogP contribution in [-0.4, -0.2) is 59.9 Å². The van der Waals surface area contributed by atoms with Crippen molar-refractivity contribution in [1.82, 2.24) is 19.8 Å². The average molecular weight is 422 g/mol. The van der Waals surface area contributed by atoms with Gasteiger partial charge in [-0.3, -0.25) is 19.1 Å². The maximum absolute atomic E-state index is 12.6. The van der Waals surface area contributed by atoms with E-state index in [9.17, 15) is 14.4 Å². The SMILES string of the molecule is CNC(=O)c1ccc2c(c1)[nH]c(=O)n2C1CCN(CC(=O)c2ccc(OC)cc2)CC1. The summed E-state index contributed by atoms with van der Waals surface area (Å²) in [5.74, 6) is 0.612. The molecule has 3 aromatic rings. The van der Waals surface area contributed by atoms with Crippen LogP contribution in [0, 0.1) is 0 Å². The molecule has 0 saturated carbocycles. The molecule has 4 rings (SSSR count). The standard InChI is InChI=1S/C23H26N4O4/c1-24-22(29)16-5-8-20-19(13-16)25-23(30)27(20)17-9-11-26(12-10-17)14-21(28)15-3-6-18(31-2)7-4-15/h3-8,13,17H,9-12,14H2,1-2H3,(H,24,29)(H,25,30). The van der Waals surface area contributed by atoms with Gasteiger partial charge >= 0.3 is 5.69 Å². The number of H-pyrrole nitrogens is 1. The van der Waals surface area contributed by atoms with Gasteiger partial charge in [-0.05, 0) is 55.3 Å². The third-order valence-corrected chi connectivity index (χ3v) is 5.91. The van der Waals surface area contributed by atoms with Crippen LogP contribution in [0.1, 0.15) is 39.6 Å². The average Bonchev–Trinajstić information content (AvgIpc) is 3.13. The van der Waals surface area contributed by atoms with Gasteiger partial charge in [-0.25, -0.2) is 4.79 Å². The summed E-state index contributed by atoms with van der Waals surface area (Å²) in [6, 6.07) is 12.5. The topological polar surface area (TPSA) is 96.4 Å². The van der Waals surface area contributed by atoms with Crippen LogP contribution in [0.3, 0.4) is 0 Å². The quantitative estimate of drug-likeness (QED) is 0.594. The number of hydrogen-bond donors (Lipinski definition) is 2. The fourth-order valence-corrected chi connectivity index (χ4v) is 4.19. The van der Waals surface area contributed by atoms with Crippen molar-refractivity contribution in [3.8, 4) is 5.75 Å². The molecule has 0 radical (unpaired) electrons. The first-order chi connectivity index (χ1) is 15.0. The second-order valence-electron chi connectivity index (χ2n) is 7.77. The highest BCUT2D eigenvalue weighted by Crippen LogP contribution is 2.25. The van der Waals surface area contributed by atoms with Crippen LogP contribution in [-0.2, 0) is 0 Å². The molecule has 31 heavy (non-hydrogen) atoms. The summed E-state index contributed by atoms with van der Waals surface area (Å²) in [5, 5.41) is 2.59. The van der Waals surface area contributed by atoms with Crippen molar-refractivity contribution < 1.29 is 14.3 Å². The van der Waals surface area contributed by atoms with Gasteiger partial charge in [0.25, 0.3) is 5.91 Å². The van der Waals surface area contributed by atoms with Gasteiger partial charge in [-0.15, -0.1) is 0 Å². The molecule has 0 atom stereocenters. The van der Waals surface area contributed by atoms with Crippen LogP contribution < -0.4 is 15.7 Å². The van der Waals surface area contributed by atoms with E-state index < -0.39 is 0 Å². The molecule has 1 aliphatic heterocycles. The monoisotopic (exact) mass is 422 g/mol. The highest BCUT2D eigenvalue weighted by Gasteiger charge is 2.25. The zero-order chi connectivity index (χ0) is 22.0. The first kappa shape index (κ1) is 20.9. The Morgan fingerprint density at radius 1 is 1.10 bits per heavy atom. The molecule has 1 aromatic heterocycles.